The zero-order valence-corrected chi connectivity index (χ0v) is 19.1. The van der Waals surface area contributed by atoms with Crippen LogP contribution in [0.4, 0.5) is 27.8 Å². The minimum atomic E-state index is -4.52. The monoisotopic (exact) mass is 493 g/mol. The van der Waals surface area contributed by atoms with Crippen molar-refractivity contribution in [3.63, 3.8) is 0 Å². The van der Waals surface area contributed by atoms with Crippen LogP contribution in [0.2, 0.25) is 0 Å². The van der Waals surface area contributed by atoms with Crippen molar-refractivity contribution in [2.24, 2.45) is 13.0 Å². The van der Waals surface area contributed by atoms with Crippen molar-refractivity contribution in [1.82, 2.24) is 19.7 Å². The maximum Gasteiger partial charge on any atom is 0.417 e. The molecule has 0 aliphatic carbocycles. The third kappa shape index (κ3) is 5.44. The van der Waals surface area contributed by atoms with E-state index in [1.165, 1.54) is 10.7 Å². The fourth-order valence-corrected chi connectivity index (χ4v) is 4.37. The molecule has 1 unspecified atom stereocenters. The Labute approximate surface area is 198 Å². The van der Waals surface area contributed by atoms with E-state index in [1.54, 1.807) is 44.4 Å². The molecule has 4 rings (SSSR count). The van der Waals surface area contributed by atoms with Gasteiger partial charge in [0.05, 0.1) is 18.2 Å². The summed E-state index contributed by atoms with van der Waals surface area (Å²) >= 11 is 0. The van der Waals surface area contributed by atoms with Gasteiger partial charge in [-0.05, 0) is 23.6 Å². The Bertz CT molecular complexity index is 1180. The summed E-state index contributed by atoms with van der Waals surface area (Å²) in [6.07, 6.45) is -2.58. The van der Waals surface area contributed by atoms with Gasteiger partial charge < -0.3 is 10.2 Å². The topological polar surface area (TPSA) is 63.1 Å². The number of halogens is 5. The zero-order valence-electron chi connectivity index (χ0n) is 19.1. The second-order valence-electron chi connectivity index (χ2n) is 8.78. The van der Waals surface area contributed by atoms with Crippen LogP contribution in [0.5, 0.6) is 0 Å². The molecule has 0 spiro atoms. The molecule has 6 nitrogen and oxygen atoms in total. The molecule has 1 aromatic carbocycles. The van der Waals surface area contributed by atoms with E-state index in [9.17, 15) is 26.7 Å². The first kappa shape index (κ1) is 24.6. The first-order valence-electron chi connectivity index (χ1n) is 11.0. The van der Waals surface area contributed by atoms with Crippen LogP contribution in [0.1, 0.15) is 29.4 Å². The van der Waals surface area contributed by atoms with Gasteiger partial charge in [-0.3, -0.25) is 9.48 Å². The van der Waals surface area contributed by atoms with E-state index in [0.29, 0.717) is 11.8 Å². The Morgan fingerprint density at radius 3 is 2.51 bits per heavy atom. The van der Waals surface area contributed by atoms with Crippen molar-refractivity contribution < 1.29 is 26.7 Å². The number of anilines is 1. The largest absolute Gasteiger partial charge is 0.417 e. The average molecular weight is 493 g/mol. The summed E-state index contributed by atoms with van der Waals surface area (Å²) in [5, 5.41) is 7.16. The number of hydrogen-bond donors (Lipinski definition) is 1. The molecular formula is C24H24F5N5O. The van der Waals surface area contributed by atoms with E-state index in [-0.39, 0.29) is 18.1 Å². The summed E-state index contributed by atoms with van der Waals surface area (Å²) in [5.41, 5.74) is 0.413. The number of pyridine rings is 1. The number of carbonyl (C=O) groups is 1. The molecule has 0 radical (unpaired) electrons. The van der Waals surface area contributed by atoms with Gasteiger partial charge >= 0.3 is 6.18 Å². The average Bonchev–Trinajstić information content (AvgIpc) is 3.19. The molecule has 2 aromatic heterocycles. The van der Waals surface area contributed by atoms with Crippen LogP contribution in [0.15, 0.2) is 54.9 Å². The molecule has 11 heteroatoms. The van der Waals surface area contributed by atoms with E-state index in [1.807, 2.05) is 6.07 Å². The third-order valence-electron chi connectivity index (χ3n) is 6.04. The first-order chi connectivity index (χ1) is 16.4. The highest BCUT2D eigenvalue weighted by Crippen LogP contribution is 2.36. The standard InChI is InChI=1S/C24H24F5N5O/c1-15-10-23(25,26)14-34(19(15)12-31-20-9-8-17(11-30-20)24(27,28)29)22(35)21-18(13-33(2)32-21)16-6-4-3-5-7-16/h3-9,11,13,15,19H,10,12,14H2,1-2H3,(H,30,31)/t15-,19?/m1/s1. The van der Waals surface area contributed by atoms with Crippen molar-refractivity contribution in [2.75, 3.05) is 18.4 Å². The van der Waals surface area contributed by atoms with Gasteiger partial charge in [0, 0.05) is 38.0 Å². The van der Waals surface area contributed by atoms with Crippen molar-refractivity contribution in [1.29, 1.82) is 0 Å². The number of aryl methyl sites for hydroxylation is 1. The Kier molecular flexibility index (Phi) is 6.52. The minimum absolute atomic E-state index is 0.0366. The third-order valence-corrected chi connectivity index (χ3v) is 6.04. The van der Waals surface area contributed by atoms with Gasteiger partial charge in [0.1, 0.15) is 5.82 Å². The first-order valence-corrected chi connectivity index (χ1v) is 11.0. The number of hydrogen-bond acceptors (Lipinski definition) is 4. The number of piperidine rings is 1. The number of benzene rings is 1. The van der Waals surface area contributed by atoms with Gasteiger partial charge in [-0.2, -0.15) is 18.3 Å². The maximum atomic E-state index is 14.5. The Morgan fingerprint density at radius 2 is 1.89 bits per heavy atom. The molecule has 186 valence electrons. The quantitative estimate of drug-likeness (QED) is 0.503. The van der Waals surface area contributed by atoms with Gasteiger partial charge in [-0.15, -0.1) is 0 Å². The van der Waals surface area contributed by atoms with Gasteiger partial charge in [-0.1, -0.05) is 37.3 Å². The highest BCUT2D eigenvalue weighted by molar-refractivity contribution is 5.99. The second-order valence-corrected chi connectivity index (χ2v) is 8.78. The van der Waals surface area contributed by atoms with E-state index in [2.05, 4.69) is 15.4 Å². The van der Waals surface area contributed by atoms with Crippen molar-refractivity contribution in [3.05, 3.63) is 66.1 Å². The van der Waals surface area contributed by atoms with E-state index < -0.39 is 48.5 Å². The molecule has 1 aliphatic rings. The number of aromatic nitrogens is 3. The minimum Gasteiger partial charge on any atom is -0.368 e. The lowest BCUT2D eigenvalue weighted by Crippen LogP contribution is -2.57. The summed E-state index contributed by atoms with van der Waals surface area (Å²) in [7, 11) is 1.64. The van der Waals surface area contributed by atoms with Crippen molar-refractivity contribution in [3.8, 4) is 11.1 Å². The summed E-state index contributed by atoms with van der Waals surface area (Å²) in [4.78, 5) is 18.4. The summed E-state index contributed by atoms with van der Waals surface area (Å²) < 4.78 is 68.9. The number of nitrogens with zero attached hydrogens (tertiary/aromatic N) is 4. The molecule has 3 heterocycles. The lowest BCUT2D eigenvalue weighted by molar-refractivity contribution is -0.137. The Hall–Kier alpha value is -3.50. The predicted molar refractivity (Wildman–Crippen MR) is 120 cm³/mol. The van der Waals surface area contributed by atoms with Crippen LogP contribution in [0.25, 0.3) is 11.1 Å². The van der Waals surface area contributed by atoms with Gasteiger partial charge in [0.15, 0.2) is 5.69 Å². The second kappa shape index (κ2) is 9.27. The van der Waals surface area contributed by atoms with Crippen LogP contribution in [-0.4, -0.2) is 50.6 Å². The lowest BCUT2D eigenvalue weighted by Gasteiger charge is -2.43. The Morgan fingerprint density at radius 1 is 1.17 bits per heavy atom. The number of carbonyl (C=O) groups excluding carboxylic acids is 1. The highest BCUT2D eigenvalue weighted by atomic mass is 19.4. The van der Waals surface area contributed by atoms with Gasteiger partial charge in [0.2, 0.25) is 0 Å². The molecule has 1 saturated heterocycles. The molecule has 0 saturated carbocycles. The number of alkyl halides is 5. The smallest absolute Gasteiger partial charge is 0.368 e. The molecule has 1 fully saturated rings. The molecule has 1 aliphatic heterocycles. The fourth-order valence-electron chi connectivity index (χ4n) is 4.37. The molecule has 1 N–H and O–H groups in total. The molecule has 0 bridgehead atoms. The predicted octanol–water partition coefficient (Wildman–Crippen LogP) is 5.10. The highest BCUT2D eigenvalue weighted by Gasteiger charge is 2.46. The summed E-state index contributed by atoms with van der Waals surface area (Å²) in [5.74, 6) is -4.16. The normalized spacial score (nSPS) is 20.0. The van der Waals surface area contributed by atoms with E-state index in [4.69, 9.17) is 0 Å². The van der Waals surface area contributed by atoms with Crippen LogP contribution >= 0.6 is 0 Å². The number of likely N-dealkylation sites (tertiary alicyclic amines) is 1. The van der Waals surface area contributed by atoms with E-state index >= 15 is 0 Å². The molecular weight excluding hydrogens is 469 g/mol. The van der Waals surface area contributed by atoms with Crippen LogP contribution in [-0.2, 0) is 13.2 Å². The molecule has 35 heavy (non-hydrogen) atoms. The van der Waals surface area contributed by atoms with E-state index in [0.717, 1.165) is 16.5 Å². The zero-order chi connectivity index (χ0) is 25.4. The lowest BCUT2D eigenvalue weighted by atomic mass is 9.88. The van der Waals surface area contributed by atoms with Crippen molar-refractivity contribution >= 4 is 11.7 Å². The maximum absolute atomic E-state index is 14.5. The number of amides is 1. The van der Waals surface area contributed by atoms with Crippen molar-refractivity contribution in [2.45, 2.75) is 31.5 Å². The number of nitrogens with one attached hydrogen (secondary N) is 1. The summed E-state index contributed by atoms with van der Waals surface area (Å²) in [6, 6.07) is 10.4. The summed E-state index contributed by atoms with van der Waals surface area (Å²) in [6.45, 7) is 0.874. The van der Waals surface area contributed by atoms with Gasteiger partial charge in [0.25, 0.3) is 11.8 Å². The molecule has 2 atom stereocenters. The van der Waals surface area contributed by atoms with Crippen LogP contribution in [0.3, 0.4) is 0 Å². The number of rotatable bonds is 5. The van der Waals surface area contributed by atoms with Crippen LogP contribution < -0.4 is 5.32 Å². The molecule has 3 aromatic rings. The van der Waals surface area contributed by atoms with Crippen LogP contribution in [0, 0.1) is 5.92 Å². The fraction of sp³-hybridized carbons (Fsp3) is 0.375. The van der Waals surface area contributed by atoms with Gasteiger partial charge in [-0.25, -0.2) is 13.8 Å². The molecule has 1 amide bonds. The Balaban J connectivity index is 1.60. The SMILES string of the molecule is C[C@@H]1CC(F)(F)CN(C(=O)c2nn(C)cc2-c2ccccc2)C1CNc1ccc(C(F)(F)F)cn1.